The summed E-state index contributed by atoms with van der Waals surface area (Å²) in [6.45, 7) is 7.19. The molecule has 1 atom stereocenters. The van der Waals surface area contributed by atoms with Gasteiger partial charge in [-0.2, -0.15) is 5.10 Å². The van der Waals surface area contributed by atoms with Crippen LogP contribution in [-0.2, 0) is 28.0 Å². The first-order chi connectivity index (χ1) is 11.2. The summed E-state index contributed by atoms with van der Waals surface area (Å²) in [7, 11) is 1.58. The van der Waals surface area contributed by atoms with Crippen LogP contribution in [0.5, 0.6) is 0 Å². The summed E-state index contributed by atoms with van der Waals surface area (Å²) in [5.41, 5.74) is 1.54. The molecule has 1 N–H and O–H groups in total. The second-order valence-corrected chi connectivity index (χ2v) is 7.62. The van der Waals surface area contributed by atoms with Gasteiger partial charge in [0.25, 0.3) is 5.91 Å². The van der Waals surface area contributed by atoms with Crippen molar-refractivity contribution in [3.05, 3.63) is 17.7 Å². The minimum absolute atomic E-state index is 0.0248. The maximum Gasteiger partial charge on any atom is 0.267 e. The third-order valence-corrected chi connectivity index (χ3v) is 4.57. The molecule has 130 valence electrons. The number of aryl methyl sites for hydroxylation is 1. The van der Waals surface area contributed by atoms with E-state index in [-0.39, 0.29) is 23.3 Å². The molecule has 0 saturated heterocycles. The minimum atomic E-state index is -0.168. The lowest BCUT2D eigenvalue weighted by atomic mass is 9.93. The first-order valence-corrected chi connectivity index (χ1v) is 8.45. The number of imidazole rings is 1. The van der Waals surface area contributed by atoms with Gasteiger partial charge in [-0.15, -0.1) is 0 Å². The zero-order chi connectivity index (χ0) is 17.5. The fourth-order valence-corrected chi connectivity index (χ4v) is 3.02. The second-order valence-electron chi connectivity index (χ2n) is 7.62. The van der Waals surface area contributed by atoms with Gasteiger partial charge in [0.2, 0.25) is 5.91 Å². The van der Waals surface area contributed by atoms with Gasteiger partial charge < -0.3 is 9.88 Å². The van der Waals surface area contributed by atoms with Crippen LogP contribution in [0.2, 0.25) is 0 Å². The van der Waals surface area contributed by atoms with Crippen LogP contribution < -0.4 is 5.32 Å². The lowest BCUT2D eigenvalue weighted by molar-refractivity contribution is -0.130. The van der Waals surface area contributed by atoms with Crippen molar-refractivity contribution in [3.63, 3.8) is 0 Å². The molecule has 1 aromatic heterocycles. The van der Waals surface area contributed by atoms with Crippen molar-refractivity contribution in [3.8, 4) is 0 Å². The summed E-state index contributed by atoms with van der Waals surface area (Å²) in [4.78, 5) is 28.6. The van der Waals surface area contributed by atoms with E-state index >= 15 is 0 Å². The molecule has 0 unspecified atom stereocenters. The molecule has 3 rings (SSSR count). The molecule has 2 aliphatic heterocycles. The maximum absolute atomic E-state index is 12.4. The number of rotatable bonds is 2. The van der Waals surface area contributed by atoms with Crippen molar-refractivity contribution in [1.29, 1.82) is 0 Å². The Hall–Kier alpha value is -2.18. The first-order valence-electron chi connectivity index (χ1n) is 8.45. The van der Waals surface area contributed by atoms with Gasteiger partial charge in [-0.1, -0.05) is 20.8 Å². The number of hydrogen-bond donors (Lipinski definition) is 1. The number of aromatic nitrogens is 2. The number of hydrogen-bond acceptors (Lipinski definition) is 4. The van der Waals surface area contributed by atoms with E-state index in [1.54, 1.807) is 7.05 Å². The van der Waals surface area contributed by atoms with Gasteiger partial charge >= 0.3 is 0 Å². The first kappa shape index (κ1) is 16.7. The summed E-state index contributed by atoms with van der Waals surface area (Å²) >= 11 is 0. The van der Waals surface area contributed by atoms with Crippen molar-refractivity contribution in [2.24, 2.45) is 5.10 Å². The van der Waals surface area contributed by atoms with Gasteiger partial charge in [-0.05, 0) is 6.42 Å². The summed E-state index contributed by atoms with van der Waals surface area (Å²) in [6, 6.07) is 0.0673. The fraction of sp³-hybridized carbons (Fsp3) is 0.647. The molecule has 1 aromatic rings. The van der Waals surface area contributed by atoms with Crippen LogP contribution in [-0.4, -0.2) is 45.2 Å². The Kier molecular flexibility index (Phi) is 4.19. The molecule has 7 heteroatoms. The zero-order valence-corrected chi connectivity index (χ0v) is 14.8. The largest absolute Gasteiger partial charge is 0.346 e. The molecule has 3 heterocycles. The van der Waals surface area contributed by atoms with E-state index in [9.17, 15) is 9.59 Å². The Morgan fingerprint density at radius 2 is 2.04 bits per heavy atom. The van der Waals surface area contributed by atoms with E-state index in [1.165, 1.54) is 5.01 Å². The van der Waals surface area contributed by atoms with E-state index in [1.807, 2.05) is 0 Å². The predicted octanol–water partition coefficient (Wildman–Crippen LogP) is 1.22. The number of carbonyl (C=O) groups excluding carboxylic acids is 2. The highest BCUT2D eigenvalue weighted by atomic mass is 16.2. The van der Waals surface area contributed by atoms with Crippen molar-refractivity contribution < 1.29 is 9.59 Å². The maximum atomic E-state index is 12.4. The van der Waals surface area contributed by atoms with Gasteiger partial charge in [-0.3, -0.25) is 9.59 Å². The lowest BCUT2D eigenvalue weighted by Crippen LogP contribution is -2.45. The van der Waals surface area contributed by atoms with E-state index < -0.39 is 0 Å². The molecule has 0 fully saturated rings. The number of nitrogens with one attached hydrogen (secondary N) is 1. The monoisotopic (exact) mass is 331 g/mol. The summed E-state index contributed by atoms with van der Waals surface area (Å²) in [5.74, 6) is 0.867. The predicted molar refractivity (Wildman–Crippen MR) is 90.6 cm³/mol. The Labute approximate surface area is 142 Å². The third kappa shape index (κ3) is 3.34. The molecule has 0 saturated carbocycles. The van der Waals surface area contributed by atoms with Crippen LogP contribution in [0.1, 0.15) is 51.6 Å². The fourth-order valence-electron chi connectivity index (χ4n) is 3.02. The molecule has 7 nitrogen and oxygen atoms in total. The van der Waals surface area contributed by atoms with Crippen LogP contribution in [0.15, 0.2) is 11.3 Å². The Morgan fingerprint density at radius 3 is 2.71 bits per heavy atom. The third-order valence-electron chi connectivity index (χ3n) is 4.57. The molecule has 2 amide bonds. The van der Waals surface area contributed by atoms with Crippen molar-refractivity contribution >= 4 is 17.5 Å². The minimum Gasteiger partial charge on any atom is -0.346 e. The number of carbonyl (C=O) groups is 2. The average Bonchev–Trinajstić information content (AvgIpc) is 2.93. The topological polar surface area (TPSA) is 79.6 Å². The van der Waals surface area contributed by atoms with Crippen LogP contribution in [0.25, 0.3) is 0 Å². The molecule has 0 spiro atoms. The van der Waals surface area contributed by atoms with Crippen molar-refractivity contribution in [2.75, 3.05) is 7.05 Å². The van der Waals surface area contributed by atoms with Crippen molar-refractivity contribution in [2.45, 2.75) is 64.5 Å². The number of fused-ring (bicyclic) bond motifs is 1. The van der Waals surface area contributed by atoms with Gasteiger partial charge in [0, 0.05) is 50.5 Å². The lowest BCUT2D eigenvalue weighted by Gasteiger charge is -2.26. The molecule has 24 heavy (non-hydrogen) atoms. The molecular formula is C17H25N5O2. The van der Waals surface area contributed by atoms with Gasteiger partial charge in [-0.25, -0.2) is 9.99 Å². The molecule has 0 aromatic carbocycles. The molecule has 0 aliphatic carbocycles. The molecule has 0 radical (unpaired) electrons. The molecular weight excluding hydrogens is 306 g/mol. The number of nitrogens with zero attached hydrogens (tertiary/aromatic N) is 4. The number of hydrazone groups is 1. The summed E-state index contributed by atoms with van der Waals surface area (Å²) in [5, 5.41) is 8.39. The molecule has 0 bridgehead atoms. The van der Waals surface area contributed by atoms with E-state index in [0.29, 0.717) is 18.6 Å². The Bertz CT molecular complexity index is 698. The highest BCUT2D eigenvalue weighted by molar-refractivity contribution is 6.39. The SMILES string of the molecule is CN1N=C(C(=O)N[C@H]2CCc3nc(C(C)(C)C)cn3C2)CCC1=O. The number of amides is 2. The quantitative estimate of drug-likeness (QED) is 0.885. The smallest absolute Gasteiger partial charge is 0.267 e. The summed E-state index contributed by atoms with van der Waals surface area (Å²) < 4.78 is 2.15. The van der Waals surface area contributed by atoms with Gasteiger partial charge in [0.15, 0.2) is 0 Å². The van der Waals surface area contributed by atoms with Crippen LogP contribution in [0.4, 0.5) is 0 Å². The standard InChI is InChI=1S/C17H25N5O2/c1-17(2,3)13-10-22-9-11(5-7-14(22)19-13)18-16(24)12-6-8-15(23)21(4)20-12/h10-11H,5-9H2,1-4H3,(H,18,24)/t11-/m0/s1. The normalized spacial score (nSPS) is 21.3. The summed E-state index contributed by atoms with van der Waals surface area (Å²) in [6.07, 6.45) is 4.57. The Balaban J connectivity index is 1.66. The molecule has 2 aliphatic rings. The van der Waals surface area contributed by atoms with Gasteiger partial charge in [0.05, 0.1) is 5.69 Å². The van der Waals surface area contributed by atoms with Crippen molar-refractivity contribution in [1.82, 2.24) is 19.9 Å². The Morgan fingerprint density at radius 1 is 1.29 bits per heavy atom. The average molecular weight is 331 g/mol. The zero-order valence-electron chi connectivity index (χ0n) is 14.8. The van der Waals surface area contributed by atoms with E-state index in [4.69, 9.17) is 4.98 Å². The second kappa shape index (κ2) is 6.03. The van der Waals surface area contributed by atoms with Crippen LogP contribution in [0, 0.1) is 0 Å². The highest BCUT2D eigenvalue weighted by Crippen LogP contribution is 2.24. The van der Waals surface area contributed by atoms with Crippen LogP contribution in [0.3, 0.4) is 0 Å². The van der Waals surface area contributed by atoms with Gasteiger partial charge in [0.1, 0.15) is 11.5 Å². The van der Waals surface area contributed by atoms with Crippen LogP contribution >= 0.6 is 0 Å². The van der Waals surface area contributed by atoms with E-state index in [2.05, 4.69) is 42.0 Å². The van der Waals surface area contributed by atoms with E-state index in [0.717, 1.165) is 30.9 Å². The highest BCUT2D eigenvalue weighted by Gasteiger charge is 2.27.